The summed E-state index contributed by atoms with van der Waals surface area (Å²) < 4.78 is 35.0. The normalized spacial score (nSPS) is 6.62. The van der Waals surface area contributed by atoms with Crippen LogP contribution in [0.2, 0.25) is 0 Å². The van der Waals surface area contributed by atoms with Crippen molar-refractivity contribution in [1.82, 2.24) is 0 Å². The van der Waals surface area contributed by atoms with E-state index < -0.39 is 12.4 Å². The molecule has 0 aromatic rings. The van der Waals surface area contributed by atoms with Gasteiger partial charge in [0, 0.05) is 14.2 Å². The zero-order chi connectivity index (χ0) is 6.99. The maximum atomic E-state index is 10.2. The average molecular weight is 128 g/mol. The van der Waals surface area contributed by atoms with Gasteiger partial charge < -0.3 is 4.74 Å². The predicted octanol–water partition coefficient (Wildman–Crippen LogP) is 1.96. The summed E-state index contributed by atoms with van der Waals surface area (Å²) in [5.41, 5.74) is 0. The SMILES string of the molecule is COC.FC=C(F)F. The van der Waals surface area contributed by atoms with E-state index in [2.05, 4.69) is 4.74 Å². The first-order chi connectivity index (χ1) is 3.68. The minimum atomic E-state index is -2.29. The molecule has 0 aromatic carbocycles. The molecule has 0 N–H and O–H groups in total. The Morgan fingerprint density at radius 3 is 1.50 bits per heavy atom. The van der Waals surface area contributed by atoms with Gasteiger partial charge in [0.1, 0.15) is 0 Å². The Bertz CT molecular complexity index is 58.3. The molecule has 50 valence electrons. The molecule has 8 heavy (non-hydrogen) atoms. The van der Waals surface area contributed by atoms with Crippen LogP contribution in [0.25, 0.3) is 0 Å². The van der Waals surface area contributed by atoms with Crippen LogP contribution in [0, 0.1) is 0 Å². The van der Waals surface area contributed by atoms with Crippen LogP contribution in [0.4, 0.5) is 13.2 Å². The Morgan fingerprint density at radius 2 is 1.50 bits per heavy atom. The molecule has 0 amide bonds. The van der Waals surface area contributed by atoms with Gasteiger partial charge in [0.05, 0.1) is 0 Å². The lowest BCUT2D eigenvalue weighted by Gasteiger charge is -1.61. The third-order valence-corrected chi connectivity index (χ3v) is 0.0825. The topological polar surface area (TPSA) is 9.23 Å². The molecule has 0 radical (unpaired) electrons. The molecule has 0 aliphatic carbocycles. The summed E-state index contributed by atoms with van der Waals surface area (Å²) in [6.07, 6.45) is -3.04. The van der Waals surface area contributed by atoms with Crippen LogP contribution in [0.1, 0.15) is 0 Å². The monoisotopic (exact) mass is 128 g/mol. The standard InChI is InChI=1S/C2HF3.C2H6O/c3-1-2(4)5;1-3-2/h1H;1-2H3. The van der Waals surface area contributed by atoms with Crippen LogP contribution in [-0.4, -0.2) is 14.2 Å². The first-order valence-corrected chi connectivity index (χ1v) is 1.70. The molecule has 1 nitrogen and oxygen atoms in total. The van der Waals surface area contributed by atoms with Crippen molar-refractivity contribution in [3.8, 4) is 0 Å². The fourth-order valence-corrected chi connectivity index (χ4v) is 0. The zero-order valence-electron chi connectivity index (χ0n) is 4.62. The van der Waals surface area contributed by atoms with Gasteiger partial charge in [-0.15, -0.1) is 0 Å². The minimum absolute atomic E-state index is 0.750. The summed E-state index contributed by atoms with van der Waals surface area (Å²) in [6.45, 7) is 0. The number of rotatable bonds is 0. The molecular formula is C4H7F3O. The maximum absolute atomic E-state index is 10.2. The van der Waals surface area contributed by atoms with E-state index >= 15 is 0 Å². The van der Waals surface area contributed by atoms with Gasteiger partial charge in [-0.3, -0.25) is 0 Å². The van der Waals surface area contributed by atoms with Gasteiger partial charge in [-0.25, -0.2) is 4.39 Å². The van der Waals surface area contributed by atoms with Crippen LogP contribution in [0.5, 0.6) is 0 Å². The second kappa shape index (κ2) is 9.70. The molecule has 0 rings (SSSR count). The van der Waals surface area contributed by atoms with Crippen LogP contribution in [-0.2, 0) is 4.74 Å². The van der Waals surface area contributed by atoms with E-state index in [-0.39, 0.29) is 0 Å². The molecular weight excluding hydrogens is 121 g/mol. The van der Waals surface area contributed by atoms with E-state index in [1.165, 1.54) is 0 Å². The highest BCUT2D eigenvalue weighted by Gasteiger charge is 1.78. The molecule has 0 fully saturated rings. The highest BCUT2D eigenvalue weighted by atomic mass is 19.3. The van der Waals surface area contributed by atoms with Gasteiger partial charge in [-0.05, 0) is 0 Å². The summed E-state index contributed by atoms with van der Waals surface area (Å²) in [5, 5.41) is 0. The first kappa shape index (κ1) is 10.5. The van der Waals surface area contributed by atoms with E-state index in [0.717, 1.165) is 0 Å². The molecule has 0 aliphatic rings. The molecule has 0 unspecified atom stereocenters. The van der Waals surface area contributed by atoms with Crippen molar-refractivity contribution >= 4 is 0 Å². The summed E-state index contributed by atoms with van der Waals surface area (Å²) in [7, 11) is 3.25. The van der Waals surface area contributed by atoms with Gasteiger partial charge in [-0.1, -0.05) is 0 Å². The summed E-state index contributed by atoms with van der Waals surface area (Å²) in [5.74, 6) is 0. The average Bonchev–Trinajstić information content (AvgIpc) is 1.69. The van der Waals surface area contributed by atoms with Crippen LogP contribution in [0.15, 0.2) is 12.4 Å². The molecule has 0 saturated carbocycles. The highest BCUT2D eigenvalue weighted by molar-refractivity contribution is 4.66. The number of ether oxygens (including phenoxy) is 1. The van der Waals surface area contributed by atoms with Gasteiger partial charge >= 0.3 is 0 Å². The molecule has 0 heterocycles. The van der Waals surface area contributed by atoms with Gasteiger partial charge in [-0.2, -0.15) is 8.78 Å². The molecule has 4 heteroatoms. The Balaban J connectivity index is 0. The van der Waals surface area contributed by atoms with Gasteiger partial charge in [0.15, 0.2) is 6.33 Å². The number of halogens is 3. The Labute approximate surface area is 45.8 Å². The fraction of sp³-hybridized carbons (Fsp3) is 0.500. The molecule has 0 bridgehead atoms. The molecule has 0 aliphatic heterocycles. The van der Waals surface area contributed by atoms with E-state index in [4.69, 9.17) is 0 Å². The summed E-state index contributed by atoms with van der Waals surface area (Å²) in [6, 6.07) is 0. The number of hydrogen-bond donors (Lipinski definition) is 0. The number of hydrogen-bond acceptors (Lipinski definition) is 1. The molecule has 0 aromatic heterocycles. The van der Waals surface area contributed by atoms with Crippen molar-refractivity contribution in [2.24, 2.45) is 0 Å². The second-order valence-electron chi connectivity index (χ2n) is 0.807. The van der Waals surface area contributed by atoms with Crippen molar-refractivity contribution in [2.45, 2.75) is 0 Å². The van der Waals surface area contributed by atoms with Gasteiger partial charge in [0.2, 0.25) is 0 Å². The van der Waals surface area contributed by atoms with Crippen molar-refractivity contribution < 1.29 is 17.9 Å². The van der Waals surface area contributed by atoms with E-state index in [1.54, 1.807) is 14.2 Å². The zero-order valence-corrected chi connectivity index (χ0v) is 4.62. The smallest absolute Gasteiger partial charge is 0.298 e. The van der Waals surface area contributed by atoms with Crippen molar-refractivity contribution in [3.63, 3.8) is 0 Å². The van der Waals surface area contributed by atoms with Gasteiger partial charge in [0.25, 0.3) is 6.08 Å². The Hall–Kier alpha value is -0.510. The number of methoxy groups -OCH3 is 1. The maximum Gasteiger partial charge on any atom is 0.298 e. The van der Waals surface area contributed by atoms with E-state index in [9.17, 15) is 13.2 Å². The van der Waals surface area contributed by atoms with Crippen LogP contribution >= 0.6 is 0 Å². The molecule has 0 saturated heterocycles. The molecule has 0 spiro atoms. The van der Waals surface area contributed by atoms with Crippen molar-refractivity contribution in [2.75, 3.05) is 14.2 Å². The Morgan fingerprint density at radius 1 is 1.38 bits per heavy atom. The lowest BCUT2D eigenvalue weighted by molar-refractivity contribution is 0.277. The first-order valence-electron chi connectivity index (χ1n) is 1.70. The quantitative estimate of drug-likeness (QED) is 0.484. The van der Waals surface area contributed by atoms with Crippen molar-refractivity contribution in [1.29, 1.82) is 0 Å². The highest BCUT2D eigenvalue weighted by Crippen LogP contribution is 1.93. The molecule has 0 atom stereocenters. The second-order valence-corrected chi connectivity index (χ2v) is 0.807. The summed E-state index contributed by atoms with van der Waals surface area (Å²) >= 11 is 0. The van der Waals surface area contributed by atoms with Crippen molar-refractivity contribution in [3.05, 3.63) is 12.4 Å². The van der Waals surface area contributed by atoms with Crippen LogP contribution in [0.3, 0.4) is 0 Å². The summed E-state index contributed by atoms with van der Waals surface area (Å²) in [4.78, 5) is 0. The lowest BCUT2D eigenvalue weighted by atomic mass is 11.1. The van der Waals surface area contributed by atoms with E-state index in [1.807, 2.05) is 0 Å². The van der Waals surface area contributed by atoms with E-state index in [0.29, 0.717) is 0 Å². The third-order valence-electron chi connectivity index (χ3n) is 0.0825. The third kappa shape index (κ3) is 49.9. The predicted molar refractivity (Wildman–Crippen MR) is 24.3 cm³/mol. The lowest BCUT2D eigenvalue weighted by Crippen LogP contribution is -1.55. The fourth-order valence-electron chi connectivity index (χ4n) is 0. The van der Waals surface area contributed by atoms with Crippen LogP contribution < -0.4 is 0 Å². The largest absolute Gasteiger partial charge is 0.388 e. The minimum Gasteiger partial charge on any atom is -0.388 e. The Kier molecular flexibility index (Phi) is 12.7.